The van der Waals surface area contributed by atoms with Gasteiger partial charge in [0, 0.05) is 11.8 Å². The van der Waals surface area contributed by atoms with Gasteiger partial charge in [-0.25, -0.2) is 4.79 Å². The lowest BCUT2D eigenvalue weighted by atomic mass is 9.96. The van der Waals surface area contributed by atoms with E-state index >= 15 is 0 Å². The van der Waals surface area contributed by atoms with E-state index in [1.807, 2.05) is 31.6 Å². The second kappa shape index (κ2) is 8.87. The summed E-state index contributed by atoms with van der Waals surface area (Å²) in [5.74, 6) is 0.556. The summed E-state index contributed by atoms with van der Waals surface area (Å²) < 4.78 is 6.60. The molecular formula is C18H30N4O3. The van der Waals surface area contributed by atoms with Crippen LogP contribution < -0.4 is 10.6 Å². The molecule has 7 nitrogen and oxygen atoms in total. The number of nitrogens with one attached hydrogen (secondary N) is 2. The molecule has 0 bridgehead atoms. The summed E-state index contributed by atoms with van der Waals surface area (Å²) in [6.45, 7) is 5.94. The van der Waals surface area contributed by atoms with Gasteiger partial charge in [-0.1, -0.05) is 33.1 Å². The molecule has 25 heavy (non-hydrogen) atoms. The monoisotopic (exact) mass is 350 g/mol. The van der Waals surface area contributed by atoms with Crippen LogP contribution in [0, 0.1) is 12.8 Å². The van der Waals surface area contributed by atoms with E-state index in [0.717, 1.165) is 18.4 Å². The van der Waals surface area contributed by atoms with Gasteiger partial charge in [-0.2, -0.15) is 5.10 Å². The summed E-state index contributed by atoms with van der Waals surface area (Å²) in [7, 11) is 1.29. The maximum Gasteiger partial charge on any atom is 0.407 e. The smallest absolute Gasteiger partial charge is 0.407 e. The van der Waals surface area contributed by atoms with Crippen LogP contribution in [-0.2, 0) is 9.53 Å². The molecule has 0 unspecified atom stereocenters. The highest BCUT2D eigenvalue weighted by atomic mass is 16.5. The quantitative estimate of drug-likeness (QED) is 0.823. The van der Waals surface area contributed by atoms with E-state index in [0.29, 0.717) is 18.3 Å². The molecular weight excluding hydrogens is 320 g/mol. The van der Waals surface area contributed by atoms with E-state index in [2.05, 4.69) is 20.5 Å². The molecule has 0 spiro atoms. The van der Waals surface area contributed by atoms with Gasteiger partial charge in [0.15, 0.2) is 5.82 Å². The van der Waals surface area contributed by atoms with Gasteiger partial charge < -0.3 is 15.4 Å². The third-order valence-corrected chi connectivity index (χ3v) is 4.61. The second-order valence-corrected chi connectivity index (χ2v) is 7.24. The van der Waals surface area contributed by atoms with Crippen LogP contribution in [0.2, 0.25) is 0 Å². The number of aryl methyl sites for hydroxylation is 1. The molecule has 1 aromatic rings. The number of methoxy groups -OCH3 is 1. The van der Waals surface area contributed by atoms with E-state index in [1.165, 1.54) is 26.4 Å². The second-order valence-electron chi connectivity index (χ2n) is 7.24. The van der Waals surface area contributed by atoms with Crippen LogP contribution in [0.1, 0.15) is 64.0 Å². The number of aromatic nitrogens is 2. The molecule has 1 aliphatic rings. The number of rotatable bonds is 6. The van der Waals surface area contributed by atoms with Gasteiger partial charge >= 0.3 is 6.09 Å². The number of nitrogens with zero attached hydrogens (tertiary/aromatic N) is 2. The number of anilines is 1. The summed E-state index contributed by atoms with van der Waals surface area (Å²) in [5, 5.41) is 10.0. The van der Waals surface area contributed by atoms with Crippen molar-refractivity contribution in [3.63, 3.8) is 0 Å². The summed E-state index contributed by atoms with van der Waals surface area (Å²) in [6, 6.07) is -0.232. The van der Waals surface area contributed by atoms with Crippen molar-refractivity contribution in [2.75, 3.05) is 12.4 Å². The van der Waals surface area contributed by atoms with Gasteiger partial charge in [-0.05, 0) is 32.1 Å². The molecule has 1 fully saturated rings. The molecule has 1 heterocycles. The van der Waals surface area contributed by atoms with Crippen molar-refractivity contribution >= 4 is 17.8 Å². The standard InChI is InChI=1S/C18H30N4O3/c1-12(2)10-15(19-18(24)25-4)17(23)20-16-13(3)11-22(21-16)14-8-6-5-7-9-14/h11-12,14-15H,5-10H2,1-4H3,(H,19,24)(H,20,21,23)/t15-/m0/s1. The summed E-state index contributed by atoms with van der Waals surface area (Å²) >= 11 is 0. The van der Waals surface area contributed by atoms with E-state index < -0.39 is 12.1 Å². The molecule has 0 saturated heterocycles. The first-order valence-electron chi connectivity index (χ1n) is 9.11. The van der Waals surface area contributed by atoms with Crippen molar-refractivity contribution in [1.29, 1.82) is 0 Å². The van der Waals surface area contributed by atoms with Crippen molar-refractivity contribution < 1.29 is 14.3 Å². The van der Waals surface area contributed by atoms with Gasteiger partial charge in [0.2, 0.25) is 5.91 Å². The fourth-order valence-electron chi connectivity index (χ4n) is 3.25. The third-order valence-electron chi connectivity index (χ3n) is 4.61. The Morgan fingerprint density at radius 2 is 2.00 bits per heavy atom. The van der Waals surface area contributed by atoms with Crippen LogP contribution in [0.5, 0.6) is 0 Å². The maximum absolute atomic E-state index is 12.6. The fourth-order valence-corrected chi connectivity index (χ4v) is 3.25. The molecule has 0 aromatic carbocycles. The summed E-state index contributed by atoms with van der Waals surface area (Å²) in [6.07, 6.45) is 7.93. The zero-order chi connectivity index (χ0) is 18.4. The Morgan fingerprint density at radius 3 is 2.60 bits per heavy atom. The van der Waals surface area contributed by atoms with Crippen molar-refractivity contribution in [2.45, 2.75) is 71.4 Å². The van der Waals surface area contributed by atoms with Crippen molar-refractivity contribution in [2.24, 2.45) is 5.92 Å². The van der Waals surface area contributed by atoms with Gasteiger partial charge in [-0.3, -0.25) is 9.48 Å². The van der Waals surface area contributed by atoms with Crippen LogP contribution in [0.15, 0.2) is 6.20 Å². The Kier molecular flexibility index (Phi) is 6.84. The minimum Gasteiger partial charge on any atom is -0.453 e. The molecule has 1 atom stereocenters. The van der Waals surface area contributed by atoms with Crippen LogP contribution >= 0.6 is 0 Å². The van der Waals surface area contributed by atoms with Crippen LogP contribution in [0.3, 0.4) is 0 Å². The predicted molar refractivity (Wildman–Crippen MR) is 96.5 cm³/mol. The zero-order valence-corrected chi connectivity index (χ0v) is 15.7. The lowest BCUT2D eigenvalue weighted by molar-refractivity contribution is -0.118. The van der Waals surface area contributed by atoms with Gasteiger partial charge in [0.25, 0.3) is 0 Å². The van der Waals surface area contributed by atoms with Crippen molar-refractivity contribution in [3.05, 3.63) is 11.8 Å². The first-order chi connectivity index (χ1) is 11.9. The zero-order valence-electron chi connectivity index (χ0n) is 15.7. The number of hydrogen-bond acceptors (Lipinski definition) is 4. The highest BCUT2D eigenvalue weighted by molar-refractivity contribution is 5.96. The van der Waals surface area contributed by atoms with Gasteiger partial charge in [0.05, 0.1) is 13.2 Å². The average molecular weight is 350 g/mol. The van der Waals surface area contributed by atoms with Crippen LogP contribution in [-0.4, -0.2) is 34.9 Å². The topological polar surface area (TPSA) is 85.2 Å². The van der Waals surface area contributed by atoms with Gasteiger partial charge in [0.1, 0.15) is 6.04 Å². The summed E-state index contributed by atoms with van der Waals surface area (Å²) in [5.41, 5.74) is 0.931. The lowest BCUT2D eigenvalue weighted by Crippen LogP contribution is -2.44. The summed E-state index contributed by atoms with van der Waals surface area (Å²) in [4.78, 5) is 24.1. The normalized spacial score (nSPS) is 16.5. The number of carbonyl (C=O) groups is 2. The Balaban J connectivity index is 2.06. The van der Waals surface area contributed by atoms with Crippen molar-refractivity contribution in [1.82, 2.24) is 15.1 Å². The Morgan fingerprint density at radius 1 is 1.32 bits per heavy atom. The minimum atomic E-state index is -0.647. The average Bonchev–Trinajstić information content (AvgIpc) is 2.95. The van der Waals surface area contributed by atoms with Crippen LogP contribution in [0.25, 0.3) is 0 Å². The number of alkyl carbamates (subject to hydrolysis) is 1. The van der Waals surface area contributed by atoms with E-state index in [4.69, 9.17) is 0 Å². The Labute approximate surface area is 149 Å². The van der Waals surface area contributed by atoms with Gasteiger partial charge in [-0.15, -0.1) is 0 Å². The number of ether oxygens (including phenoxy) is 1. The molecule has 7 heteroatoms. The molecule has 2 N–H and O–H groups in total. The Hall–Kier alpha value is -2.05. The van der Waals surface area contributed by atoms with E-state index in [-0.39, 0.29) is 11.8 Å². The molecule has 0 aliphatic heterocycles. The highest BCUT2D eigenvalue weighted by Gasteiger charge is 2.24. The van der Waals surface area contributed by atoms with Crippen LogP contribution in [0.4, 0.5) is 10.6 Å². The Bertz CT molecular complexity index is 591. The molecule has 2 amide bonds. The van der Waals surface area contributed by atoms with E-state index in [1.54, 1.807) is 0 Å². The molecule has 140 valence electrons. The van der Waals surface area contributed by atoms with Crippen molar-refractivity contribution in [3.8, 4) is 0 Å². The number of carbonyl (C=O) groups excluding carboxylic acids is 2. The minimum absolute atomic E-state index is 0.258. The molecule has 1 saturated carbocycles. The lowest BCUT2D eigenvalue weighted by Gasteiger charge is -2.22. The molecule has 1 aliphatic carbocycles. The maximum atomic E-state index is 12.6. The largest absolute Gasteiger partial charge is 0.453 e. The fraction of sp³-hybridized carbons (Fsp3) is 0.722. The number of amides is 2. The number of hydrogen-bond donors (Lipinski definition) is 2. The van der Waals surface area contributed by atoms with E-state index in [9.17, 15) is 9.59 Å². The molecule has 2 rings (SSSR count). The SMILES string of the molecule is COC(=O)N[C@@H](CC(C)C)C(=O)Nc1nn(C2CCCCC2)cc1C. The molecule has 1 aromatic heterocycles. The first kappa shape index (κ1) is 19.3. The highest BCUT2D eigenvalue weighted by Crippen LogP contribution is 2.29. The first-order valence-corrected chi connectivity index (χ1v) is 9.11. The predicted octanol–water partition coefficient (Wildman–Crippen LogP) is 3.41. The third kappa shape index (κ3) is 5.47. The molecule has 0 radical (unpaired) electrons.